The first-order chi connectivity index (χ1) is 68.7. The maximum Gasteiger partial charge on any atom is 0.254 e. The first-order valence-corrected chi connectivity index (χ1v) is 58.5. The number of hydrogen-bond acceptors (Lipinski definition) is 8. The normalized spacial score (nSPS) is 21.1. The molecule has 0 N–H and O–H groups in total. The van der Waals surface area contributed by atoms with Gasteiger partial charge in [0.2, 0.25) is 0 Å². The van der Waals surface area contributed by atoms with Gasteiger partial charge in [-0.1, -0.05) is 282 Å². The quantitative estimate of drug-likeness (QED) is 0.148. The van der Waals surface area contributed by atoms with Crippen LogP contribution in [0.3, 0.4) is 0 Å². The summed E-state index contributed by atoms with van der Waals surface area (Å²) in [6, 6.07) is 77.2. The van der Waals surface area contributed by atoms with Gasteiger partial charge in [-0.3, -0.25) is 0 Å². The maximum absolute atomic E-state index is 7.46. The molecule has 26 rings (SSSR count). The highest BCUT2D eigenvalue weighted by atomic mass is 32.1. The van der Waals surface area contributed by atoms with E-state index in [0.717, 1.165) is 87.2 Å². The van der Waals surface area contributed by atoms with E-state index in [2.05, 4.69) is 453 Å². The molecule has 0 spiro atoms. The van der Waals surface area contributed by atoms with E-state index in [-0.39, 0.29) is 95.2 Å². The SMILES string of the molecule is Cc1cc2c3c(c1)N(c1cccc4sc5ccc(C(C)(C)C)cc5c14)c1cc4c(cc1B3c1c(sc3cc5c(cc13)C(C)(C)CC(CC(C)(C)c1cc3c6c(c1)N(c1ccc(C(C)(C)C)c7oc8ccccc8c17)c1cc7c(cc1B6c1c(sc6cc8c(cc16)C(C)(C)CCC8(C)C)N3c1ccc3c(c1)C(C)(C)CCC3(C)C)C(C)(C)CCC7(C)C)C5(C)C)N2c1ccc2c(c1)C(C)(C)CCC2(C)C)C(C)(C)CCC4(C)C. The van der Waals surface area contributed by atoms with Crippen molar-refractivity contribution in [1.29, 1.82) is 0 Å². The molecule has 4 aromatic heterocycles. The van der Waals surface area contributed by atoms with Gasteiger partial charge in [-0.15, -0.1) is 34.0 Å². The third kappa shape index (κ3) is 13.8. The lowest BCUT2D eigenvalue weighted by atomic mass is 9.33. The van der Waals surface area contributed by atoms with Crippen molar-refractivity contribution in [3.05, 3.63) is 271 Å². The summed E-state index contributed by atoms with van der Waals surface area (Å²) in [5.74, 6) is 0.267. The van der Waals surface area contributed by atoms with Crippen LogP contribution in [0.15, 0.2) is 186 Å². The average molecular weight is 1990 g/mol. The largest absolute Gasteiger partial charge is 0.456 e. The van der Waals surface area contributed by atoms with Crippen LogP contribution in [0.5, 0.6) is 0 Å². The summed E-state index contributed by atoms with van der Waals surface area (Å²) in [6.07, 6.45) is 13.4. The van der Waals surface area contributed by atoms with E-state index < -0.39 is 5.41 Å². The number of nitrogens with zero attached hydrogens (tertiary/aromatic N) is 4. The number of anilines is 12. The van der Waals surface area contributed by atoms with Crippen LogP contribution in [0.25, 0.3) is 62.3 Å². The van der Waals surface area contributed by atoms with Crippen LogP contribution in [0.1, 0.15) is 388 Å². The lowest BCUT2D eigenvalue weighted by Crippen LogP contribution is -2.61. The zero-order valence-electron chi connectivity index (χ0n) is 94.5. The minimum atomic E-state index is -0.391. The molecule has 147 heavy (non-hydrogen) atoms. The second kappa shape index (κ2) is 30.5. The van der Waals surface area contributed by atoms with E-state index >= 15 is 0 Å². The van der Waals surface area contributed by atoms with Crippen molar-refractivity contribution in [3.8, 4) is 0 Å². The smallest absolute Gasteiger partial charge is 0.254 e. The predicted octanol–water partition coefficient (Wildman–Crippen LogP) is 36.1. The molecule has 10 aliphatic rings. The minimum Gasteiger partial charge on any atom is -0.456 e. The van der Waals surface area contributed by atoms with E-state index in [1.54, 1.807) is 0 Å². The number of thiophene rings is 3. The minimum absolute atomic E-state index is 0.00810. The van der Waals surface area contributed by atoms with Crippen molar-refractivity contribution >= 4 is 209 Å². The molecule has 10 heteroatoms. The van der Waals surface area contributed by atoms with Crippen LogP contribution in [0.2, 0.25) is 0 Å². The Morgan fingerprint density at radius 3 is 1.20 bits per heavy atom. The summed E-state index contributed by atoms with van der Waals surface area (Å²) in [6.45, 7) is 83.2. The summed E-state index contributed by atoms with van der Waals surface area (Å²) in [4.78, 5) is 11.3. The van der Waals surface area contributed by atoms with Crippen LogP contribution in [-0.2, 0) is 81.2 Å². The van der Waals surface area contributed by atoms with Crippen LogP contribution in [0.4, 0.5) is 66.9 Å². The second-order valence-corrected chi connectivity index (χ2v) is 61.6. The Morgan fingerprint density at radius 2 is 0.714 bits per heavy atom. The Bertz CT molecular complexity index is 8500. The molecule has 1 atom stereocenters. The predicted molar refractivity (Wildman–Crippen MR) is 642 cm³/mol. The molecule has 12 aromatic carbocycles. The molecule has 1 unspecified atom stereocenters. The first kappa shape index (κ1) is 96.5. The zero-order chi connectivity index (χ0) is 104. The van der Waals surface area contributed by atoms with Gasteiger partial charge < -0.3 is 24.0 Å². The molecule has 0 amide bonds. The number of rotatable bonds is 7. The van der Waals surface area contributed by atoms with Crippen LogP contribution in [-0.4, -0.2) is 13.4 Å². The molecular formula is C137H154B2N4OS3. The highest BCUT2D eigenvalue weighted by Crippen LogP contribution is 2.64. The van der Waals surface area contributed by atoms with Gasteiger partial charge in [-0.05, 0) is 419 Å². The Labute approximate surface area is 890 Å². The molecule has 16 aromatic rings. The number of benzene rings is 12. The molecule has 5 nitrogen and oxygen atoms in total. The van der Waals surface area contributed by atoms with E-state index in [9.17, 15) is 0 Å². The summed E-state index contributed by atoms with van der Waals surface area (Å²) in [5.41, 5.74) is 45.3. The first-order valence-electron chi connectivity index (χ1n) is 56.0. The summed E-state index contributed by atoms with van der Waals surface area (Å²) in [5, 5.41) is 10.6. The third-order valence-corrected chi connectivity index (χ3v) is 44.1. The molecule has 752 valence electrons. The fourth-order valence-corrected chi connectivity index (χ4v) is 34.4. The molecular weight excluding hydrogens is 1840 g/mol. The van der Waals surface area contributed by atoms with Crippen molar-refractivity contribution < 1.29 is 4.42 Å². The van der Waals surface area contributed by atoms with Crippen molar-refractivity contribution in [2.75, 3.05) is 19.6 Å². The molecule has 0 saturated carbocycles. The zero-order valence-corrected chi connectivity index (χ0v) is 96.9. The summed E-state index contributed by atoms with van der Waals surface area (Å²) < 4.78 is 12.9. The van der Waals surface area contributed by atoms with Gasteiger partial charge in [-0.2, -0.15) is 0 Å². The molecule has 8 heterocycles. The summed E-state index contributed by atoms with van der Waals surface area (Å²) >= 11 is 6.12. The number of fused-ring (bicyclic) bond motifs is 24. The third-order valence-electron chi connectivity index (χ3n) is 40.6. The highest BCUT2D eigenvalue weighted by molar-refractivity contribution is 7.28. The number of hydrogen-bond donors (Lipinski definition) is 0. The van der Waals surface area contributed by atoms with E-state index in [1.165, 1.54) is 241 Å². The van der Waals surface area contributed by atoms with Gasteiger partial charge >= 0.3 is 0 Å². The van der Waals surface area contributed by atoms with Crippen LogP contribution >= 0.6 is 34.0 Å². The summed E-state index contributed by atoms with van der Waals surface area (Å²) in [7, 11) is 0. The Hall–Kier alpha value is -10.1. The molecule has 0 fully saturated rings. The van der Waals surface area contributed by atoms with Gasteiger partial charge in [0, 0.05) is 86.0 Å². The topological polar surface area (TPSA) is 26.1 Å². The van der Waals surface area contributed by atoms with E-state index in [0.29, 0.717) is 0 Å². The Morgan fingerprint density at radius 1 is 0.299 bits per heavy atom. The van der Waals surface area contributed by atoms with Crippen molar-refractivity contribution in [3.63, 3.8) is 0 Å². The number of aryl methyl sites for hydroxylation is 1. The van der Waals surface area contributed by atoms with Gasteiger partial charge in [0.1, 0.15) is 11.2 Å². The fraction of sp³-hybridized carbons (Fsp3) is 0.445. The van der Waals surface area contributed by atoms with Crippen molar-refractivity contribution in [2.24, 2.45) is 5.92 Å². The monoisotopic (exact) mass is 1990 g/mol. The van der Waals surface area contributed by atoms with Crippen LogP contribution in [0, 0.1) is 12.8 Å². The molecule has 0 bridgehead atoms. The van der Waals surface area contributed by atoms with Gasteiger partial charge in [0.05, 0.1) is 26.8 Å². The Balaban J connectivity index is 0.706. The van der Waals surface area contributed by atoms with Crippen LogP contribution < -0.4 is 52.4 Å². The highest BCUT2D eigenvalue weighted by Gasteiger charge is 2.56. The number of furan rings is 1. The lowest BCUT2D eigenvalue weighted by molar-refractivity contribution is 0.173. The maximum atomic E-state index is 7.46. The standard InChI is InChI=1S/C137H154B2N4OS3/c1-76-59-105-118-106(60-76)142(101-38-36-40-111-114(101)83-61-77(123(2,3)4)41-48-110(83)145-111)103-70-95-93(130(18,19)54-56-132(95,22)23)68-99(103)138(118)117-85-67-92-98(73-113(85)147-121(117)140(105)80-42-44-86-89(64-80)127(12,13)51-49-125(86,8)9)137(32,33)79(75-136(92,30)31)74-135(28,29)78-62-107-119-108(63-78)143(102-47-46-88(124(5,6)7)120-115(102)82-37-34-35-39-109(82)144-120)104-71-96-94(131(20,21)55-57-133(96,24)25)69-100(104)139(119)116-84-66-91-97(134(26,27)58-53-129(91,16)17)72-112(84)146-122(116)141(107)81-43-45-87-90(65-81)128(14,15)52-50-126(87,10)11/h34-48,59-73,79H,49-58,74-75H2,1-33H3. The average Bonchev–Trinajstić information content (AvgIpc) is 1.63. The molecule has 6 aliphatic carbocycles. The van der Waals surface area contributed by atoms with E-state index in [1.807, 2.05) is 11.3 Å². The number of para-hydroxylation sites is 1. The molecule has 0 saturated heterocycles. The second-order valence-electron chi connectivity index (χ2n) is 58.5. The van der Waals surface area contributed by atoms with E-state index in [4.69, 9.17) is 4.42 Å². The molecule has 0 radical (unpaired) electrons. The lowest BCUT2D eigenvalue weighted by Gasteiger charge is -2.50. The molecule has 4 aliphatic heterocycles. The Kier molecular flexibility index (Phi) is 20.0. The fourth-order valence-electron chi connectivity index (χ4n) is 30.7. The van der Waals surface area contributed by atoms with Gasteiger partial charge in [0.25, 0.3) is 13.4 Å². The van der Waals surface area contributed by atoms with Gasteiger partial charge in [0.15, 0.2) is 0 Å². The van der Waals surface area contributed by atoms with Crippen molar-refractivity contribution in [2.45, 2.75) is 387 Å². The van der Waals surface area contributed by atoms with Crippen molar-refractivity contribution in [1.82, 2.24) is 0 Å². The van der Waals surface area contributed by atoms with Gasteiger partial charge in [-0.25, -0.2) is 0 Å².